The Balaban J connectivity index is 0. The molecule has 0 amide bonds. The van der Waals surface area contributed by atoms with Gasteiger partial charge >= 0.3 is 0 Å². The SMILES string of the molecule is Cc1ccc(C)cc1.N#CO.SS. The van der Waals surface area contributed by atoms with Crippen LogP contribution in [0.3, 0.4) is 0 Å². The second kappa shape index (κ2) is 11.2. The first-order chi connectivity index (χ1) is 6.20. The molecule has 0 spiro atoms. The monoisotopic (exact) mass is 215 g/mol. The Morgan fingerprint density at radius 3 is 1.38 bits per heavy atom. The molecule has 1 aromatic rings. The molecule has 0 aromatic heterocycles. The minimum atomic E-state index is 0.750. The van der Waals surface area contributed by atoms with Gasteiger partial charge < -0.3 is 5.11 Å². The van der Waals surface area contributed by atoms with Gasteiger partial charge in [0.15, 0.2) is 0 Å². The Morgan fingerprint density at radius 2 is 1.23 bits per heavy atom. The second-order valence-electron chi connectivity index (χ2n) is 2.25. The molecule has 1 rings (SSSR count). The summed E-state index contributed by atoms with van der Waals surface area (Å²) in [6.07, 6.45) is 0.750. The third-order valence-electron chi connectivity index (χ3n) is 1.22. The summed E-state index contributed by atoms with van der Waals surface area (Å²) in [4.78, 5) is 0. The number of thiol groups is 2. The number of aryl methyl sites for hydroxylation is 2. The van der Waals surface area contributed by atoms with E-state index in [1.165, 1.54) is 11.1 Å². The Labute approximate surface area is 89.4 Å². The lowest BCUT2D eigenvalue weighted by Gasteiger charge is -1.90. The summed E-state index contributed by atoms with van der Waals surface area (Å²) in [5.41, 5.74) is 2.66. The minimum Gasteiger partial charge on any atom is -0.443 e. The molecule has 0 aliphatic rings. The summed E-state index contributed by atoms with van der Waals surface area (Å²) in [6.45, 7) is 4.19. The predicted molar refractivity (Wildman–Crippen MR) is 61.4 cm³/mol. The quantitative estimate of drug-likeness (QED) is 0.354. The molecule has 0 saturated carbocycles. The van der Waals surface area contributed by atoms with Crippen LogP contribution in [-0.4, -0.2) is 5.11 Å². The zero-order chi connectivity index (χ0) is 10.7. The molecule has 0 aliphatic carbocycles. The fourth-order valence-corrected chi connectivity index (χ4v) is 0.637. The molecule has 0 fully saturated rings. The van der Waals surface area contributed by atoms with Crippen LogP contribution in [0.4, 0.5) is 0 Å². The number of nitriles is 1. The fourth-order valence-electron chi connectivity index (χ4n) is 0.637. The van der Waals surface area contributed by atoms with Gasteiger partial charge in [0.05, 0.1) is 0 Å². The minimum absolute atomic E-state index is 0.750. The van der Waals surface area contributed by atoms with E-state index >= 15 is 0 Å². The van der Waals surface area contributed by atoms with E-state index in [-0.39, 0.29) is 0 Å². The van der Waals surface area contributed by atoms with Crippen molar-refractivity contribution in [2.24, 2.45) is 0 Å². The summed E-state index contributed by atoms with van der Waals surface area (Å²) in [7, 11) is 0. The van der Waals surface area contributed by atoms with E-state index in [0.717, 1.165) is 6.26 Å². The number of nitrogens with zero attached hydrogens (tertiary/aromatic N) is 1. The molecule has 2 nitrogen and oxygen atoms in total. The summed E-state index contributed by atoms with van der Waals surface area (Å²) < 4.78 is 0. The van der Waals surface area contributed by atoms with Gasteiger partial charge in [-0.25, -0.2) is 0 Å². The highest BCUT2D eigenvalue weighted by Crippen LogP contribution is 1.99. The van der Waals surface area contributed by atoms with E-state index in [0.29, 0.717) is 0 Å². The maximum Gasteiger partial charge on any atom is 0.283 e. The standard InChI is InChI=1S/C8H10.CHNO.H2S2/c1-7-3-5-8(2)6-4-7;2-1-3;1-2/h3-6H,1-2H3;3H;1-2H. The Kier molecular flexibility index (Phi) is 12.7. The van der Waals surface area contributed by atoms with Crippen molar-refractivity contribution < 1.29 is 5.11 Å². The van der Waals surface area contributed by atoms with Crippen molar-refractivity contribution in [2.75, 3.05) is 0 Å². The average Bonchev–Trinajstić information content (AvgIpc) is 2.15. The summed E-state index contributed by atoms with van der Waals surface area (Å²) >= 11 is 6.44. The highest BCUT2D eigenvalue weighted by atomic mass is 33.1. The highest BCUT2D eigenvalue weighted by Gasteiger charge is 1.79. The molecular formula is C9H13NOS2. The van der Waals surface area contributed by atoms with Gasteiger partial charge in [-0.1, -0.05) is 35.4 Å². The summed E-state index contributed by atoms with van der Waals surface area (Å²) in [5.74, 6) is 0. The third-order valence-corrected chi connectivity index (χ3v) is 1.22. The van der Waals surface area contributed by atoms with Crippen LogP contribution in [0.2, 0.25) is 0 Å². The molecular weight excluding hydrogens is 202 g/mol. The van der Waals surface area contributed by atoms with Gasteiger partial charge in [-0.05, 0) is 13.8 Å². The first-order valence-corrected chi connectivity index (χ1v) is 5.07. The summed E-state index contributed by atoms with van der Waals surface area (Å²) in [6, 6.07) is 8.48. The van der Waals surface area contributed by atoms with Gasteiger partial charge in [0.2, 0.25) is 0 Å². The molecule has 1 N–H and O–H groups in total. The second-order valence-corrected chi connectivity index (χ2v) is 2.25. The van der Waals surface area contributed by atoms with E-state index in [1.54, 1.807) is 0 Å². The van der Waals surface area contributed by atoms with Crippen molar-refractivity contribution in [1.82, 2.24) is 0 Å². The molecule has 4 heteroatoms. The van der Waals surface area contributed by atoms with E-state index in [9.17, 15) is 0 Å². The van der Waals surface area contributed by atoms with Crippen LogP contribution >= 0.6 is 23.3 Å². The lowest BCUT2D eigenvalue weighted by Crippen LogP contribution is -1.70. The van der Waals surface area contributed by atoms with Crippen LogP contribution < -0.4 is 0 Å². The van der Waals surface area contributed by atoms with Crippen molar-refractivity contribution in [2.45, 2.75) is 13.8 Å². The summed E-state index contributed by atoms with van der Waals surface area (Å²) in [5, 5.41) is 13.8. The number of benzene rings is 1. The normalized spacial score (nSPS) is 6.69. The molecule has 0 radical (unpaired) electrons. The Morgan fingerprint density at radius 1 is 1.08 bits per heavy atom. The van der Waals surface area contributed by atoms with Crippen molar-refractivity contribution in [1.29, 1.82) is 5.26 Å². The molecule has 0 bridgehead atoms. The average molecular weight is 215 g/mol. The number of aliphatic hydroxyl groups excluding tert-OH is 1. The van der Waals surface area contributed by atoms with Gasteiger partial charge in [0, 0.05) is 0 Å². The maximum atomic E-state index is 6.88. The van der Waals surface area contributed by atoms with Crippen LogP contribution in [0, 0.1) is 25.4 Å². The van der Waals surface area contributed by atoms with Crippen LogP contribution in [-0.2, 0) is 0 Å². The smallest absolute Gasteiger partial charge is 0.283 e. The van der Waals surface area contributed by atoms with E-state index in [4.69, 9.17) is 10.4 Å². The Bertz CT molecular complexity index is 220. The number of rotatable bonds is 0. The van der Waals surface area contributed by atoms with Crippen LogP contribution in [0.5, 0.6) is 0 Å². The van der Waals surface area contributed by atoms with Gasteiger partial charge in [-0.15, -0.1) is 23.3 Å². The number of aliphatic hydroxyl groups is 1. The number of hydrogen-bond donors (Lipinski definition) is 3. The van der Waals surface area contributed by atoms with Gasteiger partial charge in [-0.3, -0.25) is 0 Å². The maximum absolute atomic E-state index is 6.88. The van der Waals surface area contributed by atoms with Crippen molar-refractivity contribution in [3.05, 3.63) is 35.4 Å². The molecule has 13 heavy (non-hydrogen) atoms. The van der Waals surface area contributed by atoms with Crippen LogP contribution in [0.25, 0.3) is 0 Å². The van der Waals surface area contributed by atoms with E-state index in [2.05, 4.69) is 61.4 Å². The van der Waals surface area contributed by atoms with E-state index < -0.39 is 0 Å². The topological polar surface area (TPSA) is 44.0 Å². The van der Waals surface area contributed by atoms with Gasteiger partial charge in [0.25, 0.3) is 6.26 Å². The zero-order valence-corrected chi connectivity index (χ0v) is 9.39. The molecule has 0 aliphatic heterocycles. The molecule has 0 atom stereocenters. The molecule has 0 saturated heterocycles. The molecule has 72 valence electrons. The molecule has 0 unspecified atom stereocenters. The fraction of sp³-hybridized carbons (Fsp3) is 0.222. The third kappa shape index (κ3) is 11.2. The van der Waals surface area contributed by atoms with Crippen molar-refractivity contribution in [3.63, 3.8) is 0 Å². The first-order valence-electron chi connectivity index (χ1n) is 3.47. The van der Waals surface area contributed by atoms with Crippen LogP contribution in [0.1, 0.15) is 11.1 Å². The van der Waals surface area contributed by atoms with Gasteiger partial charge in [-0.2, -0.15) is 5.26 Å². The molecule has 1 aromatic carbocycles. The van der Waals surface area contributed by atoms with Crippen molar-refractivity contribution in [3.8, 4) is 6.26 Å². The largest absolute Gasteiger partial charge is 0.443 e. The van der Waals surface area contributed by atoms with Crippen molar-refractivity contribution >= 4 is 23.3 Å². The van der Waals surface area contributed by atoms with Crippen LogP contribution in [0.15, 0.2) is 24.3 Å². The van der Waals surface area contributed by atoms with Gasteiger partial charge in [0.1, 0.15) is 0 Å². The lowest BCUT2D eigenvalue weighted by atomic mass is 10.2. The molecule has 0 heterocycles. The van der Waals surface area contributed by atoms with E-state index in [1.807, 2.05) is 0 Å². The lowest BCUT2D eigenvalue weighted by molar-refractivity contribution is 0.503. The Hall–Kier alpha value is -0.790. The highest BCUT2D eigenvalue weighted by molar-refractivity contribution is 8.59. The zero-order valence-electron chi connectivity index (χ0n) is 7.60. The predicted octanol–water partition coefficient (Wildman–Crippen LogP) is 2.90. The number of hydrogen-bond acceptors (Lipinski definition) is 4. The first kappa shape index (κ1) is 14.7.